The maximum atomic E-state index is 13.1. The Morgan fingerprint density at radius 3 is 2.79 bits per heavy atom. The summed E-state index contributed by atoms with van der Waals surface area (Å²) in [6, 6.07) is 14.7. The van der Waals surface area contributed by atoms with Gasteiger partial charge in [-0.05, 0) is 69.1 Å². The van der Waals surface area contributed by atoms with Gasteiger partial charge < -0.3 is 16.0 Å². The van der Waals surface area contributed by atoms with Crippen LogP contribution in [0.4, 0.5) is 5.69 Å². The molecule has 0 saturated carbocycles. The van der Waals surface area contributed by atoms with Crippen LogP contribution in [-0.2, 0) is 6.54 Å². The van der Waals surface area contributed by atoms with Crippen molar-refractivity contribution in [2.24, 2.45) is 0 Å². The number of amides is 1. The van der Waals surface area contributed by atoms with Crippen molar-refractivity contribution in [3.8, 4) is 10.6 Å². The standard InChI is InChI=1S/C27H33N5OS/c1-18-8-9-22(31-23-14-28-15-23)13-25(18)26(33)30-19(2)20-6-5-7-21(12-20)27-29-16-24(34-27)17-32-10-3-4-11-32/h5-9,12-13,16,19,23,28,31H,3-4,10-11,14-15,17H2,1-2H3,(H,30,33)/t19-/m1/s1. The molecule has 1 amide bonds. The molecule has 1 atom stereocenters. The van der Waals surface area contributed by atoms with Gasteiger partial charge in [-0.15, -0.1) is 11.3 Å². The highest BCUT2D eigenvalue weighted by Gasteiger charge is 2.19. The summed E-state index contributed by atoms with van der Waals surface area (Å²) in [5.74, 6) is -0.0482. The fourth-order valence-corrected chi connectivity index (χ4v) is 5.51. The average molecular weight is 476 g/mol. The largest absolute Gasteiger partial charge is 0.380 e. The Labute approximate surface area is 205 Å². The molecule has 2 aliphatic rings. The highest BCUT2D eigenvalue weighted by Crippen LogP contribution is 2.29. The molecule has 0 radical (unpaired) electrons. The number of benzene rings is 2. The summed E-state index contributed by atoms with van der Waals surface area (Å²) < 4.78 is 0. The molecule has 3 N–H and O–H groups in total. The van der Waals surface area contributed by atoms with Crippen LogP contribution in [0, 0.1) is 6.92 Å². The van der Waals surface area contributed by atoms with Crippen molar-refractivity contribution in [2.75, 3.05) is 31.5 Å². The number of likely N-dealkylation sites (tertiary alicyclic amines) is 1. The predicted molar refractivity (Wildman–Crippen MR) is 139 cm³/mol. The summed E-state index contributed by atoms with van der Waals surface area (Å²) in [6.45, 7) is 9.32. The number of aromatic nitrogens is 1. The third kappa shape index (κ3) is 5.32. The number of aryl methyl sites for hydroxylation is 1. The molecule has 2 saturated heterocycles. The van der Waals surface area contributed by atoms with E-state index in [9.17, 15) is 4.79 Å². The number of hydrogen-bond donors (Lipinski definition) is 3. The minimum absolute atomic E-state index is 0.0482. The molecule has 2 aromatic carbocycles. The van der Waals surface area contributed by atoms with E-state index in [1.165, 1.54) is 30.8 Å². The fourth-order valence-electron chi connectivity index (χ4n) is 4.56. The Morgan fingerprint density at radius 1 is 1.21 bits per heavy atom. The van der Waals surface area contributed by atoms with Gasteiger partial charge in [-0.25, -0.2) is 4.98 Å². The van der Waals surface area contributed by atoms with Gasteiger partial charge >= 0.3 is 0 Å². The SMILES string of the molecule is Cc1ccc(NC2CNC2)cc1C(=O)N[C@H](C)c1cccc(-c2ncc(CN3CCCC3)s2)c1. The van der Waals surface area contributed by atoms with Crippen molar-refractivity contribution < 1.29 is 4.79 Å². The van der Waals surface area contributed by atoms with Crippen LogP contribution < -0.4 is 16.0 Å². The molecule has 1 aromatic heterocycles. The molecule has 3 heterocycles. The van der Waals surface area contributed by atoms with Gasteiger partial charge in [0.1, 0.15) is 5.01 Å². The minimum atomic E-state index is -0.108. The zero-order valence-electron chi connectivity index (χ0n) is 19.9. The number of nitrogens with one attached hydrogen (secondary N) is 3. The van der Waals surface area contributed by atoms with Crippen molar-refractivity contribution in [2.45, 2.75) is 45.3 Å². The number of rotatable bonds is 8. The van der Waals surface area contributed by atoms with Gasteiger partial charge in [0.25, 0.3) is 5.91 Å². The molecule has 0 aliphatic carbocycles. The van der Waals surface area contributed by atoms with E-state index in [-0.39, 0.29) is 11.9 Å². The topological polar surface area (TPSA) is 69.3 Å². The monoisotopic (exact) mass is 475 g/mol. The second-order valence-electron chi connectivity index (χ2n) is 9.46. The Kier molecular flexibility index (Phi) is 6.94. The van der Waals surface area contributed by atoms with Gasteiger partial charge in [0, 0.05) is 47.5 Å². The number of thiazole rings is 1. The van der Waals surface area contributed by atoms with E-state index in [0.29, 0.717) is 11.6 Å². The van der Waals surface area contributed by atoms with E-state index < -0.39 is 0 Å². The van der Waals surface area contributed by atoms with Crippen LogP contribution >= 0.6 is 11.3 Å². The molecule has 0 unspecified atom stereocenters. The van der Waals surface area contributed by atoms with Gasteiger partial charge in [0.15, 0.2) is 0 Å². The number of anilines is 1. The second kappa shape index (κ2) is 10.3. The normalized spacial score (nSPS) is 17.4. The zero-order chi connectivity index (χ0) is 23.5. The molecule has 178 valence electrons. The van der Waals surface area contributed by atoms with Gasteiger partial charge in [-0.1, -0.05) is 24.3 Å². The summed E-state index contributed by atoms with van der Waals surface area (Å²) in [5.41, 5.74) is 4.86. The first-order valence-electron chi connectivity index (χ1n) is 12.2. The summed E-state index contributed by atoms with van der Waals surface area (Å²) in [6.07, 6.45) is 4.62. The molecular weight excluding hydrogens is 442 g/mol. The van der Waals surface area contributed by atoms with E-state index in [4.69, 9.17) is 0 Å². The van der Waals surface area contributed by atoms with Gasteiger partial charge in [-0.3, -0.25) is 9.69 Å². The highest BCUT2D eigenvalue weighted by molar-refractivity contribution is 7.15. The summed E-state index contributed by atoms with van der Waals surface area (Å²) in [4.78, 5) is 21.6. The molecule has 0 spiro atoms. The maximum absolute atomic E-state index is 13.1. The molecule has 7 heteroatoms. The Hall–Kier alpha value is -2.74. The van der Waals surface area contributed by atoms with Crippen molar-refractivity contribution >= 4 is 22.9 Å². The Balaban J connectivity index is 1.26. The van der Waals surface area contributed by atoms with E-state index >= 15 is 0 Å². The van der Waals surface area contributed by atoms with Crippen molar-refractivity contribution in [3.63, 3.8) is 0 Å². The lowest BCUT2D eigenvalue weighted by Crippen LogP contribution is -2.51. The van der Waals surface area contributed by atoms with Crippen molar-refractivity contribution in [1.82, 2.24) is 20.5 Å². The van der Waals surface area contributed by atoms with Crippen LogP contribution in [-0.4, -0.2) is 48.0 Å². The van der Waals surface area contributed by atoms with Gasteiger partial charge in [-0.2, -0.15) is 0 Å². The second-order valence-corrected chi connectivity index (χ2v) is 10.6. The molecule has 2 aliphatic heterocycles. The van der Waals surface area contributed by atoms with Gasteiger partial charge in [0.05, 0.1) is 12.1 Å². The summed E-state index contributed by atoms with van der Waals surface area (Å²) in [7, 11) is 0. The zero-order valence-corrected chi connectivity index (χ0v) is 20.8. The van der Waals surface area contributed by atoms with Crippen LogP contribution in [0.15, 0.2) is 48.7 Å². The lowest BCUT2D eigenvalue weighted by Gasteiger charge is -2.29. The molecular formula is C27H33N5OS. The van der Waals surface area contributed by atoms with Crippen molar-refractivity contribution in [3.05, 3.63) is 70.2 Å². The summed E-state index contributed by atoms with van der Waals surface area (Å²) in [5, 5.41) is 11.0. The highest BCUT2D eigenvalue weighted by atomic mass is 32.1. The van der Waals surface area contributed by atoms with E-state index in [2.05, 4.69) is 50.1 Å². The van der Waals surface area contributed by atoms with Crippen LogP contribution in [0.1, 0.15) is 52.2 Å². The first kappa shape index (κ1) is 23.0. The number of carbonyl (C=O) groups excluding carboxylic acids is 1. The molecule has 0 bridgehead atoms. The average Bonchev–Trinajstić information content (AvgIpc) is 3.50. The number of hydrogen-bond acceptors (Lipinski definition) is 6. The van der Waals surface area contributed by atoms with Crippen LogP contribution in [0.25, 0.3) is 10.6 Å². The molecule has 2 fully saturated rings. The molecule has 5 rings (SSSR count). The maximum Gasteiger partial charge on any atom is 0.252 e. The first-order chi connectivity index (χ1) is 16.5. The lowest BCUT2D eigenvalue weighted by atomic mass is 10.0. The van der Waals surface area contributed by atoms with Crippen molar-refractivity contribution in [1.29, 1.82) is 0 Å². The Morgan fingerprint density at radius 2 is 2.03 bits per heavy atom. The van der Waals surface area contributed by atoms with Crippen LogP contribution in [0.3, 0.4) is 0 Å². The predicted octanol–water partition coefficient (Wildman–Crippen LogP) is 4.59. The van der Waals surface area contributed by atoms with E-state index in [0.717, 1.165) is 47.0 Å². The fraction of sp³-hybridized carbons (Fsp3) is 0.407. The molecule has 6 nitrogen and oxygen atoms in total. The lowest BCUT2D eigenvalue weighted by molar-refractivity contribution is 0.0939. The smallest absolute Gasteiger partial charge is 0.252 e. The van der Waals surface area contributed by atoms with E-state index in [1.807, 2.05) is 38.2 Å². The van der Waals surface area contributed by atoms with Gasteiger partial charge in [0.2, 0.25) is 0 Å². The number of carbonyl (C=O) groups is 1. The quantitative estimate of drug-likeness (QED) is 0.445. The first-order valence-corrected chi connectivity index (χ1v) is 13.0. The molecule has 3 aromatic rings. The molecule has 34 heavy (non-hydrogen) atoms. The minimum Gasteiger partial charge on any atom is -0.380 e. The van der Waals surface area contributed by atoms with E-state index in [1.54, 1.807) is 11.3 Å². The van der Waals surface area contributed by atoms with Crippen LogP contribution in [0.5, 0.6) is 0 Å². The Bertz CT molecular complexity index is 1150. The number of nitrogens with zero attached hydrogens (tertiary/aromatic N) is 2. The van der Waals surface area contributed by atoms with Crippen LogP contribution in [0.2, 0.25) is 0 Å². The summed E-state index contributed by atoms with van der Waals surface area (Å²) >= 11 is 1.77. The third-order valence-corrected chi connectivity index (χ3v) is 7.78. The third-order valence-electron chi connectivity index (χ3n) is 6.75.